The second-order valence-electron chi connectivity index (χ2n) is 3.05. The minimum atomic E-state index is 0.678. The fourth-order valence-electron chi connectivity index (χ4n) is 1.39. The Morgan fingerprint density at radius 1 is 1.25 bits per heavy atom. The van der Waals surface area contributed by atoms with Gasteiger partial charge in [0, 0.05) is 24.9 Å². The third-order valence-electron chi connectivity index (χ3n) is 2.09. The van der Waals surface area contributed by atoms with Gasteiger partial charge in [0.05, 0.1) is 0 Å². The Morgan fingerprint density at radius 2 is 1.92 bits per heavy atom. The van der Waals surface area contributed by atoms with Gasteiger partial charge in [-0.05, 0) is 19.3 Å². The predicted molar refractivity (Wildman–Crippen MR) is 49.8 cm³/mol. The number of rotatable bonds is 3. The molecule has 0 saturated carbocycles. The molecule has 1 heterocycles. The first-order valence-electron chi connectivity index (χ1n) is 4.40. The summed E-state index contributed by atoms with van der Waals surface area (Å²) in [4.78, 5) is 12.6. The summed E-state index contributed by atoms with van der Waals surface area (Å²) >= 11 is 0. The fourth-order valence-corrected chi connectivity index (χ4v) is 1.39. The van der Waals surface area contributed by atoms with E-state index in [1.807, 2.05) is 6.20 Å². The molecule has 1 rings (SSSR count). The molecule has 0 amide bonds. The van der Waals surface area contributed by atoms with Crippen molar-refractivity contribution in [3.8, 4) is 0 Å². The average molecular weight is 165 g/mol. The van der Waals surface area contributed by atoms with Crippen LogP contribution in [0.25, 0.3) is 0 Å². The Morgan fingerprint density at radius 3 is 2.42 bits per heavy atom. The highest BCUT2D eigenvalue weighted by molar-refractivity contribution is 5.76. The fraction of sp³-hybridized carbons (Fsp3) is 0.500. The lowest BCUT2D eigenvalue weighted by atomic mass is 10.1. The zero-order valence-corrected chi connectivity index (χ0v) is 7.33. The third kappa shape index (κ3) is 2.53. The highest BCUT2D eigenvalue weighted by Gasteiger charge is 2.05. The molecule has 0 radical (unpaired) electrons. The molecule has 0 atom stereocenters. The first-order chi connectivity index (χ1) is 5.86. The summed E-state index contributed by atoms with van der Waals surface area (Å²) in [6.07, 6.45) is 8.14. The molecule has 1 aliphatic rings. The molecule has 1 aliphatic heterocycles. The van der Waals surface area contributed by atoms with Crippen molar-refractivity contribution in [2.24, 2.45) is 0 Å². The van der Waals surface area contributed by atoms with Crippen molar-refractivity contribution in [2.75, 3.05) is 13.1 Å². The molecule has 0 unspecified atom stereocenters. The first-order valence-corrected chi connectivity index (χ1v) is 4.40. The van der Waals surface area contributed by atoms with Crippen molar-refractivity contribution in [1.29, 1.82) is 0 Å². The van der Waals surface area contributed by atoms with Gasteiger partial charge in [0.15, 0.2) is 6.29 Å². The highest BCUT2D eigenvalue weighted by atomic mass is 16.1. The van der Waals surface area contributed by atoms with Crippen LogP contribution >= 0.6 is 0 Å². The van der Waals surface area contributed by atoms with Crippen molar-refractivity contribution in [3.63, 3.8) is 0 Å². The van der Waals surface area contributed by atoms with E-state index in [9.17, 15) is 4.79 Å². The number of carbonyl (C=O) groups excluding carboxylic acids is 1. The number of allylic oxidation sites excluding steroid dienone is 2. The highest BCUT2D eigenvalue weighted by Crippen LogP contribution is 2.09. The van der Waals surface area contributed by atoms with Gasteiger partial charge in [0.2, 0.25) is 0 Å². The molecule has 0 aromatic carbocycles. The quantitative estimate of drug-likeness (QED) is 0.360. The molecule has 1 saturated heterocycles. The maximum absolute atomic E-state index is 10.4. The lowest BCUT2D eigenvalue weighted by molar-refractivity contribution is -0.104. The van der Waals surface area contributed by atoms with Gasteiger partial charge in [-0.1, -0.05) is 12.7 Å². The van der Waals surface area contributed by atoms with E-state index in [-0.39, 0.29) is 0 Å². The average Bonchev–Trinajstić information content (AvgIpc) is 2.16. The standard InChI is InChI=1S/C10H15NO/c1-2-10(9-12)8-11-6-4-3-5-7-11/h2,8-9H,1,3-7H2/b10-8+. The molecule has 66 valence electrons. The smallest absolute Gasteiger partial charge is 0.151 e. The summed E-state index contributed by atoms with van der Waals surface area (Å²) < 4.78 is 0. The van der Waals surface area contributed by atoms with Crippen LogP contribution in [0.5, 0.6) is 0 Å². The number of hydrogen-bond donors (Lipinski definition) is 0. The van der Waals surface area contributed by atoms with Gasteiger partial charge >= 0.3 is 0 Å². The van der Waals surface area contributed by atoms with Crippen LogP contribution in [0.15, 0.2) is 24.4 Å². The van der Waals surface area contributed by atoms with E-state index in [0.29, 0.717) is 5.57 Å². The summed E-state index contributed by atoms with van der Waals surface area (Å²) in [5.74, 6) is 0. The van der Waals surface area contributed by atoms with Crippen molar-refractivity contribution in [2.45, 2.75) is 19.3 Å². The van der Waals surface area contributed by atoms with Crippen LogP contribution in [0.1, 0.15) is 19.3 Å². The van der Waals surface area contributed by atoms with Crippen molar-refractivity contribution in [1.82, 2.24) is 4.90 Å². The number of piperidine rings is 1. The Balaban J connectivity index is 2.50. The van der Waals surface area contributed by atoms with Crippen LogP contribution in [0.3, 0.4) is 0 Å². The second kappa shape index (κ2) is 4.75. The van der Waals surface area contributed by atoms with Gasteiger partial charge in [-0.3, -0.25) is 4.79 Å². The van der Waals surface area contributed by atoms with Crippen molar-refractivity contribution in [3.05, 3.63) is 24.4 Å². The normalized spacial score (nSPS) is 19.0. The summed E-state index contributed by atoms with van der Waals surface area (Å²) in [6, 6.07) is 0. The molecule has 2 nitrogen and oxygen atoms in total. The van der Waals surface area contributed by atoms with Gasteiger partial charge in [-0.25, -0.2) is 0 Å². The summed E-state index contributed by atoms with van der Waals surface area (Å²) in [7, 11) is 0. The molecule has 0 aromatic rings. The SMILES string of the molecule is C=C/C(C=O)=C\N1CCCCC1. The molecule has 0 bridgehead atoms. The van der Waals surface area contributed by atoms with Crippen LogP contribution in [-0.4, -0.2) is 24.3 Å². The van der Waals surface area contributed by atoms with E-state index in [2.05, 4.69) is 11.5 Å². The van der Waals surface area contributed by atoms with E-state index in [1.54, 1.807) is 6.08 Å². The van der Waals surface area contributed by atoms with Crippen molar-refractivity contribution >= 4 is 6.29 Å². The number of nitrogens with zero attached hydrogens (tertiary/aromatic N) is 1. The first kappa shape index (κ1) is 9.04. The number of hydrogen-bond acceptors (Lipinski definition) is 2. The predicted octanol–water partition coefficient (Wildman–Crippen LogP) is 1.74. The number of likely N-dealkylation sites (tertiary alicyclic amines) is 1. The molecule has 0 aliphatic carbocycles. The van der Waals surface area contributed by atoms with E-state index < -0.39 is 0 Å². The van der Waals surface area contributed by atoms with Crippen LogP contribution < -0.4 is 0 Å². The van der Waals surface area contributed by atoms with E-state index in [1.165, 1.54) is 19.3 Å². The maximum Gasteiger partial charge on any atom is 0.151 e. The molecule has 1 fully saturated rings. The Bertz CT molecular complexity index is 180. The minimum Gasteiger partial charge on any atom is -0.377 e. The van der Waals surface area contributed by atoms with Gasteiger partial charge in [-0.2, -0.15) is 0 Å². The minimum absolute atomic E-state index is 0.678. The molecule has 2 heteroatoms. The molecular formula is C10H15NO. The largest absolute Gasteiger partial charge is 0.377 e. The van der Waals surface area contributed by atoms with Gasteiger partial charge in [0.1, 0.15) is 0 Å². The number of carbonyl (C=O) groups is 1. The Labute approximate surface area is 73.6 Å². The summed E-state index contributed by atoms with van der Waals surface area (Å²) in [5.41, 5.74) is 0.678. The van der Waals surface area contributed by atoms with Crippen molar-refractivity contribution < 1.29 is 4.79 Å². The summed E-state index contributed by atoms with van der Waals surface area (Å²) in [5, 5.41) is 0. The molecule has 0 aromatic heterocycles. The Hall–Kier alpha value is -1.05. The van der Waals surface area contributed by atoms with E-state index in [0.717, 1.165) is 19.4 Å². The molecule has 12 heavy (non-hydrogen) atoms. The molecular weight excluding hydrogens is 150 g/mol. The number of aldehydes is 1. The maximum atomic E-state index is 10.4. The van der Waals surface area contributed by atoms with E-state index >= 15 is 0 Å². The zero-order valence-electron chi connectivity index (χ0n) is 7.33. The van der Waals surface area contributed by atoms with Gasteiger partial charge in [-0.15, -0.1) is 0 Å². The zero-order chi connectivity index (χ0) is 8.81. The topological polar surface area (TPSA) is 20.3 Å². The van der Waals surface area contributed by atoms with Crippen LogP contribution in [-0.2, 0) is 4.79 Å². The second-order valence-corrected chi connectivity index (χ2v) is 3.05. The van der Waals surface area contributed by atoms with Crippen LogP contribution in [0.2, 0.25) is 0 Å². The molecule has 0 N–H and O–H groups in total. The summed E-state index contributed by atoms with van der Waals surface area (Å²) in [6.45, 7) is 5.72. The lowest BCUT2D eigenvalue weighted by Gasteiger charge is -2.25. The van der Waals surface area contributed by atoms with Crippen LogP contribution in [0.4, 0.5) is 0 Å². The van der Waals surface area contributed by atoms with Crippen LogP contribution in [0, 0.1) is 0 Å². The molecule has 0 spiro atoms. The Kier molecular flexibility index (Phi) is 3.58. The van der Waals surface area contributed by atoms with Gasteiger partial charge in [0.25, 0.3) is 0 Å². The third-order valence-corrected chi connectivity index (χ3v) is 2.09. The van der Waals surface area contributed by atoms with Gasteiger partial charge < -0.3 is 4.90 Å². The monoisotopic (exact) mass is 165 g/mol. The lowest BCUT2D eigenvalue weighted by Crippen LogP contribution is -2.24. The van der Waals surface area contributed by atoms with E-state index in [4.69, 9.17) is 0 Å².